The van der Waals surface area contributed by atoms with Crippen LogP contribution in [-0.2, 0) is 0 Å². The number of aromatic carboxylic acids is 1. The molecule has 1 fully saturated rings. The minimum absolute atomic E-state index is 0.0895. The van der Waals surface area contributed by atoms with Gasteiger partial charge in [0.05, 0.1) is 5.39 Å². The number of aromatic nitrogens is 2. The number of carboxylic acids is 1. The molecule has 1 saturated heterocycles. The van der Waals surface area contributed by atoms with Crippen molar-refractivity contribution >= 4 is 28.9 Å². The number of carbonyl (C=O) groups excluding carboxylic acids is 1. The summed E-state index contributed by atoms with van der Waals surface area (Å²) in [5, 5.41) is 11.6. The second kappa shape index (κ2) is 6.62. The van der Waals surface area contributed by atoms with Crippen LogP contribution in [0.1, 0.15) is 10.4 Å². The first-order valence-corrected chi connectivity index (χ1v) is 8.28. The highest BCUT2D eigenvalue weighted by Crippen LogP contribution is 2.25. The molecule has 0 bridgehead atoms. The number of halogens is 3. The van der Waals surface area contributed by atoms with Gasteiger partial charge in [-0.15, -0.1) is 0 Å². The van der Waals surface area contributed by atoms with Gasteiger partial charge in [0.2, 0.25) is 5.43 Å². The fourth-order valence-corrected chi connectivity index (χ4v) is 3.12. The number of hydrogen-bond donors (Lipinski definition) is 2. The maximum absolute atomic E-state index is 14.4. The molecule has 4 rings (SSSR count). The van der Waals surface area contributed by atoms with Gasteiger partial charge in [0, 0.05) is 31.4 Å². The Kier molecular flexibility index (Phi) is 4.22. The molecule has 0 aliphatic carbocycles. The third-order valence-corrected chi connectivity index (χ3v) is 4.42. The van der Waals surface area contributed by atoms with Crippen molar-refractivity contribution in [2.24, 2.45) is 0 Å². The van der Waals surface area contributed by atoms with Crippen LogP contribution >= 0.6 is 0 Å². The molecule has 1 aromatic carbocycles. The first kappa shape index (κ1) is 18.5. The fourth-order valence-electron chi connectivity index (χ4n) is 3.12. The molecule has 3 aromatic rings. The van der Waals surface area contributed by atoms with Crippen molar-refractivity contribution in [2.45, 2.75) is 0 Å². The maximum atomic E-state index is 14.4. The van der Waals surface area contributed by atoms with Crippen LogP contribution in [0.4, 0.5) is 23.8 Å². The van der Waals surface area contributed by atoms with Gasteiger partial charge in [-0.05, 0) is 12.1 Å². The molecule has 2 aromatic heterocycles. The average molecular weight is 404 g/mol. The van der Waals surface area contributed by atoms with Crippen LogP contribution in [0.5, 0.6) is 0 Å². The Balaban J connectivity index is 2.08. The standard InChI is InChI=1S/C18H11F3N4O4/c19-8-5-11(20)14(12(21)6-8)25-7-10(17(27)28)15(26)9-1-2-13(23-16(9)25)24-4-3-22-18(24)29/h1-2,5-7H,3-4H2,(H,22,29)(H,27,28). The molecule has 148 valence electrons. The number of fused-ring (bicyclic) bond motifs is 1. The van der Waals surface area contributed by atoms with Gasteiger partial charge >= 0.3 is 12.0 Å². The number of nitrogens with zero attached hydrogens (tertiary/aromatic N) is 3. The minimum atomic E-state index is -1.61. The lowest BCUT2D eigenvalue weighted by Gasteiger charge is -2.17. The molecule has 0 unspecified atom stereocenters. The average Bonchev–Trinajstić information content (AvgIpc) is 3.08. The molecule has 0 saturated carbocycles. The number of rotatable bonds is 3. The van der Waals surface area contributed by atoms with Crippen molar-refractivity contribution in [3.05, 3.63) is 63.7 Å². The number of pyridine rings is 2. The van der Waals surface area contributed by atoms with Crippen LogP contribution in [0.2, 0.25) is 0 Å². The molecular formula is C18H11F3N4O4. The molecule has 2 N–H and O–H groups in total. The highest BCUT2D eigenvalue weighted by atomic mass is 19.1. The van der Waals surface area contributed by atoms with Gasteiger partial charge in [0.25, 0.3) is 0 Å². The van der Waals surface area contributed by atoms with Crippen LogP contribution in [-0.4, -0.2) is 39.7 Å². The zero-order valence-corrected chi connectivity index (χ0v) is 14.4. The van der Waals surface area contributed by atoms with Crippen molar-refractivity contribution < 1.29 is 27.9 Å². The molecule has 8 nitrogen and oxygen atoms in total. The Bertz CT molecular complexity index is 1230. The summed E-state index contributed by atoms with van der Waals surface area (Å²) in [7, 11) is 0. The zero-order valence-electron chi connectivity index (χ0n) is 14.4. The van der Waals surface area contributed by atoms with E-state index in [1.807, 2.05) is 0 Å². The van der Waals surface area contributed by atoms with Gasteiger partial charge in [-0.1, -0.05) is 0 Å². The molecule has 0 radical (unpaired) electrons. The lowest BCUT2D eigenvalue weighted by Crippen LogP contribution is -2.29. The molecule has 3 heterocycles. The van der Waals surface area contributed by atoms with Gasteiger partial charge in [0.1, 0.15) is 22.9 Å². The molecule has 0 spiro atoms. The van der Waals surface area contributed by atoms with Crippen molar-refractivity contribution in [1.29, 1.82) is 0 Å². The number of hydrogen-bond acceptors (Lipinski definition) is 4. The van der Waals surface area contributed by atoms with E-state index in [0.29, 0.717) is 24.9 Å². The molecule has 2 amide bonds. The SMILES string of the molecule is O=C(O)c1cn(-c2c(F)cc(F)cc2F)c2nc(N3CCNC3=O)ccc2c1=O. The molecule has 0 atom stereocenters. The van der Waals surface area contributed by atoms with E-state index in [4.69, 9.17) is 0 Å². The second-order valence-electron chi connectivity index (χ2n) is 6.19. The summed E-state index contributed by atoms with van der Waals surface area (Å²) in [6, 6.07) is 2.92. The smallest absolute Gasteiger partial charge is 0.341 e. The summed E-state index contributed by atoms with van der Waals surface area (Å²) in [6.07, 6.45) is 0.716. The second-order valence-corrected chi connectivity index (χ2v) is 6.19. The summed E-state index contributed by atoms with van der Waals surface area (Å²) < 4.78 is 42.8. The van der Waals surface area contributed by atoms with Crippen LogP contribution in [0.3, 0.4) is 0 Å². The van der Waals surface area contributed by atoms with Gasteiger partial charge in [-0.2, -0.15) is 0 Å². The zero-order chi connectivity index (χ0) is 20.9. The van der Waals surface area contributed by atoms with E-state index in [1.165, 1.54) is 17.0 Å². The lowest BCUT2D eigenvalue weighted by molar-refractivity contribution is 0.0695. The highest BCUT2D eigenvalue weighted by molar-refractivity contribution is 5.95. The van der Waals surface area contributed by atoms with Crippen molar-refractivity contribution in [3.63, 3.8) is 0 Å². The van der Waals surface area contributed by atoms with Crippen molar-refractivity contribution in [1.82, 2.24) is 14.9 Å². The first-order valence-electron chi connectivity index (χ1n) is 8.28. The first-order chi connectivity index (χ1) is 13.8. The predicted molar refractivity (Wildman–Crippen MR) is 94.9 cm³/mol. The Morgan fingerprint density at radius 2 is 1.83 bits per heavy atom. The van der Waals surface area contributed by atoms with E-state index in [9.17, 15) is 32.7 Å². The Morgan fingerprint density at radius 1 is 1.14 bits per heavy atom. The van der Waals surface area contributed by atoms with Gasteiger partial charge in [-0.3, -0.25) is 14.3 Å². The quantitative estimate of drug-likeness (QED) is 0.695. The number of carboxylic acid groups (broad SMARTS) is 1. The summed E-state index contributed by atoms with van der Waals surface area (Å²) in [5.74, 6) is -5.34. The largest absolute Gasteiger partial charge is 0.477 e. The van der Waals surface area contributed by atoms with E-state index in [-0.39, 0.29) is 23.4 Å². The van der Waals surface area contributed by atoms with Crippen LogP contribution in [0, 0.1) is 17.5 Å². The Morgan fingerprint density at radius 3 is 2.41 bits per heavy atom. The maximum Gasteiger partial charge on any atom is 0.341 e. The third-order valence-electron chi connectivity index (χ3n) is 4.42. The predicted octanol–water partition coefficient (Wildman–Crippen LogP) is 2.03. The van der Waals surface area contributed by atoms with Gasteiger partial charge in [-0.25, -0.2) is 27.7 Å². The van der Waals surface area contributed by atoms with Crippen LogP contribution < -0.4 is 15.6 Å². The monoisotopic (exact) mass is 404 g/mol. The van der Waals surface area contributed by atoms with Crippen molar-refractivity contribution in [2.75, 3.05) is 18.0 Å². The minimum Gasteiger partial charge on any atom is -0.477 e. The van der Waals surface area contributed by atoms with E-state index >= 15 is 0 Å². The molecule has 1 aliphatic heterocycles. The van der Waals surface area contributed by atoms with Gasteiger partial charge in [0.15, 0.2) is 17.3 Å². The number of urea groups is 1. The van der Waals surface area contributed by atoms with E-state index in [1.54, 1.807) is 0 Å². The normalized spacial score (nSPS) is 13.8. The number of carbonyl (C=O) groups is 2. The third kappa shape index (κ3) is 2.96. The topological polar surface area (TPSA) is 105 Å². The van der Waals surface area contributed by atoms with E-state index in [2.05, 4.69) is 10.3 Å². The fraction of sp³-hybridized carbons (Fsp3) is 0.111. The Hall–Kier alpha value is -3.89. The van der Waals surface area contributed by atoms with E-state index < -0.39 is 46.1 Å². The molecular weight excluding hydrogens is 393 g/mol. The van der Waals surface area contributed by atoms with Crippen LogP contribution in [0.15, 0.2) is 35.3 Å². The number of anilines is 1. The summed E-state index contributed by atoms with van der Waals surface area (Å²) >= 11 is 0. The number of benzene rings is 1. The molecule has 29 heavy (non-hydrogen) atoms. The summed E-state index contributed by atoms with van der Waals surface area (Å²) in [4.78, 5) is 41.2. The van der Waals surface area contributed by atoms with E-state index in [0.717, 1.165) is 4.57 Å². The summed E-state index contributed by atoms with van der Waals surface area (Å²) in [6.45, 7) is 0.624. The summed E-state index contributed by atoms with van der Waals surface area (Å²) in [5.41, 5.74) is -2.78. The lowest BCUT2D eigenvalue weighted by atomic mass is 10.1. The van der Waals surface area contributed by atoms with Crippen LogP contribution in [0.25, 0.3) is 16.7 Å². The van der Waals surface area contributed by atoms with Gasteiger partial charge < -0.3 is 10.4 Å². The molecule has 11 heteroatoms. The number of nitrogens with one attached hydrogen (secondary N) is 1. The Labute approximate surface area is 159 Å². The highest BCUT2D eigenvalue weighted by Gasteiger charge is 2.25. The molecule has 1 aliphatic rings. The number of amides is 2. The van der Waals surface area contributed by atoms with Crippen molar-refractivity contribution in [3.8, 4) is 5.69 Å².